The van der Waals surface area contributed by atoms with Crippen molar-refractivity contribution in [3.05, 3.63) is 66.5 Å². The summed E-state index contributed by atoms with van der Waals surface area (Å²) in [5.74, 6) is 1.10. The number of hydrogen-bond donors (Lipinski definition) is 2. The van der Waals surface area contributed by atoms with Crippen LogP contribution in [0.25, 0.3) is 11.0 Å². The third-order valence-electron chi connectivity index (χ3n) is 3.72. The summed E-state index contributed by atoms with van der Waals surface area (Å²) in [4.78, 5) is 7.94. The Kier molecular flexibility index (Phi) is 4.11. The van der Waals surface area contributed by atoms with Crippen molar-refractivity contribution in [3.8, 4) is 11.6 Å². The minimum Gasteiger partial charge on any atom is -0.439 e. The first kappa shape index (κ1) is 16.8. The Bertz CT molecular complexity index is 1060. The van der Waals surface area contributed by atoms with Gasteiger partial charge in [-0.05, 0) is 42.5 Å². The zero-order valence-electron chi connectivity index (χ0n) is 13.7. The van der Waals surface area contributed by atoms with Crippen LogP contribution in [0.3, 0.4) is 0 Å². The number of halogens is 3. The molecule has 4 rings (SSSR count). The van der Waals surface area contributed by atoms with Crippen molar-refractivity contribution in [1.82, 2.24) is 20.2 Å². The van der Waals surface area contributed by atoms with Crippen molar-refractivity contribution in [2.24, 2.45) is 0 Å². The number of ether oxygens (including phenoxy) is 1. The summed E-state index contributed by atoms with van der Waals surface area (Å²) in [7, 11) is 0. The molecule has 0 aliphatic rings. The van der Waals surface area contributed by atoms with Crippen LogP contribution >= 0.6 is 0 Å². The van der Waals surface area contributed by atoms with E-state index in [9.17, 15) is 13.2 Å². The summed E-state index contributed by atoms with van der Waals surface area (Å²) < 4.78 is 43.1. The second-order valence-corrected chi connectivity index (χ2v) is 5.61. The fourth-order valence-corrected chi connectivity index (χ4v) is 2.41. The van der Waals surface area contributed by atoms with Crippen LogP contribution in [0.1, 0.15) is 5.56 Å². The molecule has 3 aromatic heterocycles. The highest BCUT2D eigenvalue weighted by Crippen LogP contribution is 2.30. The summed E-state index contributed by atoms with van der Waals surface area (Å²) in [5, 5.41) is 10.2. The van der Waals surface area contributed by atoms with Crippen molar-refractivity contribution in [3.63, 3.8) is 0 Å². The summed E-state index contributed by atoms with van der Waals surface area (Å²) in [6.07, 6.45) is -2.01. The number of fused-ring (bicyclic) bond motifs is 1. The molecule has 0 saturated carbocycles. The van der Waals surface area contributed by atoms with Crippen LogP contribution in [-0.4, -0.2) is 20.2 Å². The van der Waals surface area contributed by atoms with Gasteiger partial charge in [-0.25, -0.2) is 4.98 Å². The molecule has 0 saturated heterocycles. The molecule has 6 nitrogen and oxygen atoms in total. The zero-order valence-corrected chi connectivity index (χ0v) is 13.7. The van der Waals surface area contributed by atoms with Gasteiger partial charge in [0.25, 0.3) is 0 Å². The summed E-state index contributed by atoms with van der Waals surface area (Å²) in [5.41, 5.74) is 1.45. The van der Waals surface area contributed by atoms with Gasteiger partial charge < -0.3 is 10.1 Å². The number of H-pyrrole nitrogens is 1. The van der Waals surface area contributed by atoms with E-state index in [1.807, 2.05) is 12.1 Å². The molecule has 4 aromatic rings. The normalized spacial score (nSPS) is 11.5. The predicted molar refractivity (Wildman–Crippen MR) is 92.9 cm³/mol. The number of benzene rings is 1. The summed E-state index contributed by atoms with van der Waals surface area (Å²) >= 11 is 0. The quantitative estimate of drug-likeness (QED) is 0.533. The number of hydrogen-bond acceptors (Lipinski definition) is 5. The van der Waals surface area contributed by atoms with Crippen molar-refractivity contribution < 1.29 is 17.9 Å². The van der Waals surface area contributed by atoms with E-state index in [0.717, 1.165) is 23.5 Å². The van der Waals surface area contributed by atoms with Gasteiger partial charge in [0.15, 0.2) is 5.82 Å². The Morgan fingerprint density at radius 1 is 0.963 bits per heavy atom. The molecule has 0 aliphatic heterocycles. The Morgan fingerprint density at radius 2 is 1.78 bits per heavy atom. The van der Waals surface area contributed by atoms with E-state index in [1.54, 1.807) is 30.5 Å². The second-order valence-electron chi connectivity index (χ2n) is 5.61. The maximum atomic E-state index is 12.5. The van der Waals surface area contributed by atoms with E-state index >= 15 is 0 Å². The first-order chi connectivity index (χ1) is 13.0. The SMILES string of the molecule is FC(F)(F)c1ccc(Oc2ccc(Nc3n[nH]c4cccnc34)cc2)nc1. The predicted octanol–water partition coefficient (Wildman–Crippen LogP) is 4.91. The lowest BCUT2D eigenvalue weighted by molar-refractivity contribution is -0.137. The van der Waals surface area contributed by atoms with Crippen molar-refractivity contribution in [2.45, 2.75) is 6.18 Å². The van der Waals surface area contributed by atoms with Crippen LogP contribution in [0.4, 0.5) is 24.7 Å². The molecule has 0 unspecified atom stereocenters. The second kappa shape index (κ2) is 6.60. The Hall–Kier alpha value is -3.62. The minimum absolute atomic E-state index is 0.0752. The number of anilines is 2. The van der Waals surface area contributed by atoms with E-state index in [2.05, 4.69) is 25.5 Å². The standard InChI is InChI=1S/C18H12F3N5O/c19-18(20,21)11-3-8-15(23-10-11)27-13-6-4-12(5-7-13)24-17-16-14(25-26-17)2-1-9-22-16/h1-10H,(H2,24,25,26). The maximum absolute atomic E-state index is 12.5. The monoisotopic (exact) mass is 371 g/mol. The third-order valence-corrected chi connectivity index (χ3v) is 3.72. The number of pyridine rings is 2. The van der Waals surface area contributed by atoms with Gasteiger partial charge in [-0.3, -0.25) is 10.1 Å². The molecular weight excluding hydrogens is 359 g/mol. The molecule has 0 fully saturated rings. The minimum atomic E-state index is -4.43. The molecule has 0 atom stereocenters. The molecule has 0 radical (unpaired) electrons. The van der Waals surface area contributed by atoms with Crippen LogP contribution in [0, 0.1) is 0 Å². The van der Waals surface area contributed by atoms with Gasteiger partial charge in [0.05, 0.1) is 11.1 Å². The molecule has 9 heteroatoms. The lowest BCUT2D eigenvalue weighted by atomic mass is 10.3. The number of alkyl halides is 3. The van der Waals surface area contributed by atoms with Crippen molar-refractivity contribution in [2.75, 3.05) is 5.32 Å². The molecule has 0 amide bonds. The molecule has 0 aliphatic carbocycles. The number of nitrogens with one attached hydrogen (secondary N) is 2. The highest BCUT2D eigenvalue weighted by molar-refractivity contribution is 5.87. The molecule has 1 aromatic carbocycles. The smallest absolute Gasteiger partial charge is 0.417 e. The van der Waals surface area contributed by atoms with E-state index in [1.165, 1.54) is 6.07 Å². The zero-order chi connectivity index (χ0) is 18.9. The summed E-state index contributed by atoms with van der Waals surface area (Å²) in [6.45, 7) is 0. The van der Waals surface area contributed by atoms with E-state index in [4.69, 9.17) is 4.74 Å². The van der Waals surface area contributed by atoms with Crippen LogP contribution in [0.2, 0.25) is 0 Å². The van der Waals surface area contributed by atoms with Crippen molar-refractivity contribution in [1.29, 1.82) is 0 Å². The number of aromatic amines is 1. The Labute approximate surface area is 151 Å². The molecule has 27 heavy (non-hydrogen) atoms. The molecule has 0 spiro atoms. The average molecular weight is 371 g/mol. The number of rotatable bonds is 4. The van der Waals surface area contributed by atoms with Crippen LogP contribution in [0.15, 0.2) is 60.9 Å². The molecular formula is C18H12F3N5O. The van der Waals surface area contributed by atoms with Gasteiger partial charge in [-0.1, -0.05) is 0 Å². The summed E-state index contributed by atoms with van der Waals surface area (Å²) in [6, 6.07) is 12.6. The largest absolute Gasteiger partial charge is 0.439 e. The first-order valence-electron chi connectivity index (χ1n) is 7.86. The Morgan fingerprint density at radius 3 is 2.48 bits per heavy atom. The number of aromatic nitrogens is 4. The fourth-order valence-electron chi connectivity index (χ4n) is 2.41. The number of nitrogens with zero attached hydrogens (tertiary/aromatic N) is 3. The van der Waals surface area contributed by atoms with Crippen LogP contribution < -0.4 is 10.1 Å². The van der Waals surface area contributed by atoms with Gasteiger partial charge >= 0.3 is 6.18 Å². The topological polar surface area (TPSA) is 75.7 Å². The third kappa shape index (κ3) is 3.66. The van der Waals surface area contributed by atoms with Gasteiger partial charge in [-0.2, -0.15) is 18.3 Å². The molecule has 3 heterocycles. The highest BCUT2D eigenvalue weighted by atomic mass is 19.4. The lowest BCUT2D eigenvalue weighted by Gasteiger charge is -2.09. The van der Waals surface area contributed by atoms with Gasteiger partial charge in [0.1, 0.15) is 11.3 Å². The Balaban J connectivity index is 1.46. The molecule has 0 bridgehead atoms. The van der Waals surface area contributed by atoms with Crippen LogP contribution in [-0.2, 0) is 6.18 Å². The van der Waals surface area contributed by atoms with Gasteiger partial charge in [0.2, 0.25) is 5.88 Å². The maximum Gasteiger partial charge on any atom is 0.417 e. The van der Waals surface area contributed by atoms with Crippen LogP contribution in [0.5, 0.6) is 11.6 Å². The van der Waals surface area contributed by atoms with E-state index < -0.39 is 11.7 Å². The highest BCUT2D eigenvalue weighted by Gasteiger charge is 2.30. The van der Waals surface area contributed by atoms with Gasteiger partial charge in [0, 0.05) is 24.1 Å². The molecule has 2 N–H and O–H groups in total. The van der Waals surface area contributed by atoms with Crippen molar-refractivity contribution >= 4 is 22.5 Å². The van der Waals surface area contributed by atoms with E-state index in [0.29, 0.717) is 17.1 Å². The van der Waals surface area contributed by atoms with E-state index in [-0.39, 0.29) is 5.88 Å². The fraction of sp³-hybridized carbons (Fsp3) is 0.0556. The molecule has 136 valence electrons. The van der Waals surface area contributed by atoms with Gasteiger partial charge in [-0.15, -0.1) is 0 Å². The lowest BCUT2D eigenvalue weighted by Crippen LogP contribution is -2.05. The first-order valence-corrected chi connectivity index (χ1v) is 7.86. The average Bonchev–Trinajstić information content (AvgIpc) is 3.06.